The molecule has 0 heterocycles. The lowest BCUT2D eigenvalue weighted by molar-refractivity contribution is 0.195. The Balaban J connectivity index is 2.44. The van der Waals surface area contributed by atoms with Crippen molar-refractivity contribution >= 4 is 26.0 Å². The van der Waals surface area contributed by atoms with Gasteiger partial charge in [-0.05, 0) is 12.8 Å². The average molecular weight is 286 g/mol. The first-order valence-corrected chi connectivity index (χ1v) is 6.98. The number of methoxy groups -OCH3 is 1. The van der Waals surface area contributed by atoms with Crippen LogP contribution in [0.4, 0.5) is 0 Å². The number of hydrogen-bond donors (Lipinski definition) is 0. The summed E-state index contributed by atoms with van der Waals surface area (Å²) in [6.07, 6.45) is 1.62. The Labute approximate surface area is 93.8 Å². The minimum absolute atomic E-state index is 0.0611. The second-order valence-corrected chi connectivity index (χ2v) is 7.19. The molecule has 1 atom stereocenters. The number of sulfonamides is 1. The predicted octanol–water partition coefficient (Wildman–Crippen LogP) is 0.820. The molecule has 1 unspecified atom stereocenters. The van der Waals surface area contributed by atoms with E-state index in [1.54, 1.807) is 14.2 Å². The number of rotatable bonds is 6. The van der Waals surface area contributed by atoms with Crippen LogP contribution in [0.15, 0.2) is 0 Å². The molecule has 0 radical (unpaired) electrons. The van der Waals surface area contributed by atoms with E-state index < -0.39 is 10.0 Å². The lowest BCUT2D eigenvalue weighted by Crippen LogP contribution is -2.35. The van der Waals surface area contributed by atoms with E-state index in [0.717, 1.165) is 12.8 Å². The average Bonchev–Trinajstić information content (AvgIpc) is 2.86. The van der Waals surface area contributed by atoms with Gasteiger partial charge in [-0.1, -0.05) is 15.9 Å². The lowest BCUT2D eigenvalue weighted by atomic mass is 10.4. The third kappa shape index (κ3) is 3.18. The smallest absolute Gasteiger partial charge is 0.216 e. The zero-order valence-corrected chi connectivity index (χ0v) is 10.8. The Kier molecular flexibility index (Phi) is 4.36. The Bertz CT molecular complexity index is 276. The molecule has 0 bridgehead atoms. The minimum Gasteiger partial charge on any atom is -0.383 e. The SMILES string of the molecule is COCC(Br)CN(C)S(=O)(=O)C1CC1. The highest BCUT2D eigenvalue weighted by molar-refractivity contribution is 9.09. The molecule has 4 nitrogen and oxygen atoms in total. The number of ether oxygens (including phenoxy) is 1. The van der Waals surface area contributed by atoms with Crippen molar-refractivity contribution in [3.63, 3.8) is 0 Å². The van der Waals surface area contributed by atoms with Crippen LogP contribution in [0.25, 0.3) is 0 Å². The molecule has 0 aromatic heterocycles. The maximum absolute atomic E-state index is 11.7. The van der Waals surface area contributed by atoms with Gasteiger partial charge in [0.1, 0.15) is 0 Å². The highest BCUT2D eigenvalue weighted by atomic mass is 79.9. The van der Waals surface area contributed by atoms with Gasteiger partial charge in [-0.2, -0.15) is 0 Å². The second kappa shape index (κ2) is 4.92. The van der Waals surface area contributed by atoms with E-state index in [0.29, 0.717) is 13.2 Å². The zero-order chi connectivity index (χ0) is 10.8. The first-order chi connectivity index (χ1) is 6.48. The summed E-state index contributed by atoms with van der Waals surface area (Å²) in [4.78, 5) is 0.0611. The highest BCUT2D eigenvalue weighted by Gasteiger charge is 2.38. The molecule has 0 spiro atoms. The molecule has 0 aromatic carbocycles. The van der Waals surface area contributed by atoms with Crippen LogP contribution in [-0.4, -0.2) is 50.1 Å². The molecule has 0 saturated heterocycles. The second-order valence-electron chi connectivity index (χ2n) is 3.58. The van der Waals surface area contributed by atoms with E-state index in [2.05, 4.69) is 15.9 Å². The summed E-state index contributed by atoms with van der Waals surface area (Å²) in [5.74, 6) is 0. The summed E-state index contributed by atoms with van der Waals surface area (Å²) >= 11 is 3.37. The quantitative estimate of drug-likeness (QED) is 0.679. The standard InChI is InChI=1S/C8H16BrNO3S/c1-10(5-7(9)6-13-2)14(11,12)8-3-4-8/h7-8H,3-6H2,1-2H3. The molecule has 1 aliphatic rings. The fourth-order valence-corrected chi connectivity index (χ4v) is 3.76. The van der Waals surface area contributed by atoms with Crippen molar-refractivity contribution in [3.8, 4) is 0 Å². The van der Waals surface area contributed by atoms with Crippen molar-refractivity contribution in [1.29, 1.82) is 0 Å². The zero-order valence-electron chi connectivity index (χ0n) is 8.44. The van der Waals surface area contributed by atoms with Gasteiger partial charge >= 0.3 is 0 Å². The highest BCUT2D eigenvalue weighted by Crippen LogP contribution is 2.30. The number of halogens is 1. The molecule has 1 rings (SSSR count). The van der Waals surface area contributed by atoms with Gasteiger partial charge in [-0.3, -0.25) is 0 Å². The van der Waals surface area contributed by atoms with Gasteiger partial charge in [0.05, 0.1) is 16.7 Å². The van der Waals surface area contributed by atoms with E-state index in [4.69, 9.17) is 4.74 Å². The monoisotopic (exact) mass is 285 g/mol. The Morgan fingerprint density at radius 2 is 2.14 bits per heavy atom. The Morgan fingerprint density at radius 1 is 1.57 bits per heavy atom. The van der Waals surface area contributed by atoms with Crippen LogP contribution in [-0.2, 0) is 14.8 Å². The van der Waals surface area contributed by atoms with Crippen molar-refractivity contribution in [2.45, 2.75) is 22.9 Å². The van der Waals surface area contributed by atoms with Crippen LogP contribution in [0.3, 0.4) is 0 Å². The van der Waals surface area contributed by atoms with Crippen LogP contribution in [0, 0.1) is 0 Å². The largest absolute Gasteiger partial charge is 0.383 e. The van der Waals surface area contributed by atoms with Crippen LogP contribution in [0.1, 0.15) is 12.8 Å². The molecule has 0 amide bonds. The third-order valence-corrected chi connectivity index (χ3v) is 5.07. The first kappa shape index (κ1) is 12.4. The Morgan fingerprint density at radius 3 is 2.57 bits per heavy atom. The number of nitrogens with zero attached hydrogens (tertiary/aromatic N) is 1. The molecule has 1 saturated carbocycles. The fourth-order valence-electron chi connectivity index (χ4n) is 1.24. The molecule has 1 fully saturated rings. The van der Waals surface area contributed by atoms with Gasteiger partial charge in [-0.15, -0.1) is 0 Å². The topological polar surface area (TPSA) is 46.6 Å². The summed E-state index contributed by atoms with van der Waals surface area (Å²) in [5.41, 5.74) is 0. The minimum atomic E-state index is -3.03. The van der Waals surface area contributed by atoms with Gasteiger partial charge in [0.2, 0.25) is 10.0 Å². The van der Waals surface area contributed by atoms with E-state index >= 15 is 0 Å². The molecule has 0 aliphatic heterocycles. The maximum Gasteiger partial charge on any atom is 0.216 e. The van der Waals surface area contributed by atoms with Crippen molar-refractivity contribution in [2.75, 3.05) is 27.3 Å². The molecule has 84 valence electrons. The van der Waals surface area contributed by atoms with Crippen LogP contribution < -0.4 is 0 Å². The van der Waals surface area contributed by atoms with E-state index in [1.807, 2.05) is 0 Å². The van der Waals surface area contributed by atoms with Crippen LogP contribution in [0.5, 0.6) is 0 Å². The molecule has 0 N–H and O–H groups in total. The summed E-state index contributed by atoms with van der Waals surface area (Å²) in [7, 11) is 0.192. The van der Waals surface area contributed by atoms with E-state index in [1.165, 1.54) is 4.31 Å². The normalized spacial score (nSPS) is 20.0. The summed E-state index contributed by atoms with van der Waals surface area (Å²) < 4.78 is 29.7. The fraction of sp³-hybridized carbons (Fsp3) is 1.00. The first-order valence-electron chi connectivity index (χ1n) is 4.56. The molecule has 6 heteroatoms. The van der Waals surface area contributed by atoms with E-state index in [-0.39, 0.29) is 10.1 Å². The maximum atomic E-state index is 11.7. The molecular weight excluding hydrogens is 270 g/mol. The molecular formula is C8H16BrNO3S. The van der Waals surface area contributed by atoms with E-state index in [9.17, 15) is 8.42 Å². The van der Waals surface area contributed by atoms with Crippen LogP contribution >= 0.6 is 15.9 Å². The summed E-state index contributed by atoms with van der Waals surface area (Å²) in [6, 6.07) is 0. The van der Waals surface area contributed by atoms with Crippen molar-refractivity contribution in [2.24, 2.45) is 0 Å². The van der Waals surface area contributed by atoms with Crippen molar-refractivity contribution in [3.05, 3.63) is 0 Å². The molecule has 14 heavy (non-hydrogen) atoms. The molecule has 1 aliphatic carbocycles. The van der Waals surface area contributed by atoms with Gasteiger partial charge in [0.25, 0.3) is 0 Å². The van der Waals surface area contributed by atoms with Gasteiger partial charge in [0, 0.05) is 20.7 Å². The lowest BCUT2D eigenvalue weighted by Gasteiger charge is -2.19. The van der Waals surface area contributed by atoms with Crippen LogP contribution in [0.2, 0.25) is 0 Å². The number of hydrogen-bond acceptors (Lipinski definition) is 3. The summed E-state index contributed by atoms with van der Waals surface area (Å²) in [5, 5.41) is -0.130. The number of alkyl halides is 1. The third-order valence-electron chi connectivity index (χ3n) is 2.18. The predicted molar refractivity (Wildman–Crippen MR) is 59.2 cm³/mol. The Hall–Kier alpha value is 0.350. The van der Waals surface area contributed by atoms with Crippen molar-refractivity contribution in [1.82, 2.24) is 4.31 Å². The van der Waals surface area contributed by atoms with Gasteiger partial charge in [0.15, 0.2) is 0 Å². The van der Waals surface area contributed by atoms with Crippen molar-refractivity contribution < 1.29 is 13.2 Å². The summed E-state index contributed by atoms with van der Waals surface area (Å²) in [6.45, 7) is 0.983. The van der Waals surface area contributed by atoms with Gasteiger partial charge < -0.3 is 4.74 Å². The van der Waals surface area contributed by atoms with Gasteiger partial charge in [-0.25, -0.2) is 12.7 Å². The molecule has 0 aromatic rings.